The van der Waals surface area contributed by atoms with Crippen LogP contribution in [0.3, 0.4) is 0 Å². The molecule has 0 radical (unpaired) electrons. The van der Waals surface area contributed by atoms with Crippen molar-refractivity contribution in [1.82, 2.24) is 5.43 Å². The molecule has 34 heavy (non-hydrogen) atoms. The quantitative estimate of drug-likeness (QED) is 0.270. The van der Waals surface area contributed by atoms with Crippen LogP contribution in [0.4, 0.5) is 15.8 Å². The Morgan fingerprint density at radius 3 is 2.12 bits per heavy atom. The minimum Gasteiger partial charge on any atom is -0.484 e. The van der Waals surface area contributed by atoms with Crippen LogP contribution in [0.5, 0.6) is 5.75 Å². The van der Waals surface area contributed by atoms with Gasteiger partial charge in [0, 0.05) is 11.4 Å². The molecule has 8 nitrogen and oxygen atoms in total. The SMILES string of the molecule is CCc1ccc(NC(=O)COc2ccc(/C=N\NC(=O)C(=O)Nc3ccc(F)cc3)cc2)cc1. The zero-order valence-electron chi connectivity index (χ0n) is 18.4. The molecular weight excluding hydrogens is 439 g/mol. The molecule has 0 saturated heterocycles. The average molecular weight is 462 g/mol. The molecule has 0 bridgehead atoms. The van der Waals surface area contributed by atoms with Crippen LogP contribution in [0.15, 0.2) is 77.9 Å². The zero-order valence-corrected chi connectivity index (χ0v) is 18.4. The Kier molecular flexibility index (Phi) is 8.45. The summed E-state index contributed by atoms with van der Waals surface area (Å²) < 4.78 is 18.4. The van der Waals surface area contributed by atoms with Crippen molar-refractivity contribution >= 4 is 35.3 Å². The number of halogens is 1. The molecule has 0 aliphatic rings. The van der Waals surface area contributed by atoms with Crippen LogP contribution in [0, 0.1) is 5.82 Å². The molecule has 0 fully saturated rings. The van der Waals surface area contributed by atoms with E-state index in [-0.39, 0.29) is 18.2 Å². The first kappa shape index (κ1) is 24.1. The van der Waals surface area contributed by atoms with Crippen molar-refractivity contribution in [3.63, 3.8) is 0 Å². The summed E-state index contributed by atoms with van der Waals surface area (Å²) in [5, 5.41) is 8.82. The van der Waals surface area contributed by atoms with E-state index in [1.54, 1.807) is 24.3 Å². The van der Waals surface area contributed by atoms with Crippen molar-refractivity contribution in [2.24, 2.45) is 5.10 Å². The number of hydrazone groups is 1. The maximum Gasteiger partial charge on any atom is 0.329 e. The summed E-state index contributed by atoms with van der Waals surface area (Å²) in [6.45, 7) is 1.91. The molecule has 0 aliphatic carbocycles. The van der Waals surface area contributed by atoms with Crippen molar-refractivity contribution in [3.8, 4) is 5.75 Å². The first-order chi connectivity index (χ1) is 16.4. The standard InChI is InChI=1S/C25H23FN4O4/c1-2-17-3-9-20(10-4-17)28-23(31)16-34-22-13-5-18(6-14-22)15-27-30-25(33)24(32)29-21-11-7-19(26)8-12-21/h3-15H,2,16H2,1H3,(H,28,31)(H,29,32)(H,30,33)/b27-15-. The number of carbonyl (C=O) groups excluding carboxylic acids is 3. The van der Waals surface area contributed by atoms with Gasteiger partial charge in [0.05, 0.1) is 6.21 Å². The lowest BCUT2D eigenvalue weighted by Crippen LogP contribution is -2.32. The number of anilines is 2. The lowest BCUT2D eigenvalue weighted by atomic mass is 10.1. The Morgan fingerprint density at radius 2 is 1.47 bits per heavy atom. The number of hydrogen-bond acceptors (Lipinski definition) is 5. The highest BCUT2D eigenvalue weighted by Crippen LogP contribution is 2.13. The number of benzene rings is 3. The highest BCUT2D eigenvalue weighted by molar-refractivity contribution is 6.39. The van der Waals surface area contributed by atoms with Crippen molar-refractivity contribution in [1.29, 1.82) is 0 Å². The van der Waals surface area contributed by atoms with Crippen LogP contribution in [0.25, 0.3) is 0 Å². The van der Waals surface area contributed by atoms with Crippen LogP contribution in [0.1, 0.15) is 18.1 Å². The predicted molar refractivity (Wildman–Crippen MR) is 127 cm³/mol. The topological polar surface area (TPSA) is 109 Å². The lowest BCUT2D eigenvalue weighted by molar-refractivity contribution is -0.136. The van der Waals surface area contributed by atoms with E-state index in [1.165, 1.54) is 23.9 Å². The number of rotatable bonds is 8. The van der Waals surface area contributed by atoms with Gasteiger partial charge in [0.25, 0.3) is 5.91 Å². The third kappa shape index (κ3) is 7.56. The van der Waals surface area contributed by atoms with Crippen molar-refractivity contribution in [3.05, 3.63) is 89.7 Å². The Labute approximate surface area is 195 Å². The number of aryl methyl sites for hydroxylation is 1. The smallest absolute Gasteiger partial charge is 0.329 e. The lowest BCUT2D eigenvalue weighted by Gasteiger charge is -2.08. The van der Waals surface area contributed by atoms with E-state index < -0.39 is 17.6 Å². The third-order valence-electron chi connectivity index (χ3n) is 4.58. The van der Waals surface area contributed by atoms with Gasteiger partial charge in [-0.05, 0) is 78.2 Å². The second-order valence-electron chi connectivity index (χ2n) is 7.12. The Hall–Kier alpha value is -4.53. The molecular formula is C25H23FN4O4. The van der Waals surface area contributed by atoms with Crippen LogP contribution < -0.4 is 20.8 Å². The summed E-state index contributed by atoms with van der Waals surface area (Å²) in [5.74, 6) is -2.17. The summed E-state index contributed by atoms with van der Waals surface area (Å²) in [5.41, 5.74) is 4.91. The average Bonchev–Trinajstić information content (AvgIpc) is 2.85. The van der Waals surface area contributed by atoms with Gasteiger partial charge >= 0.3 is 11.8 Å². The number of carbonyl (C=O) groups is 3. The van der Waals surface area contributed by atoms with Crippen LogP contribution in [-0.4, -0.2) is 30.5 Å². The predicted octanol–water partition coefficient (Wildman–Crippen LogP) is 3.49. The van der Waals surface area contributed by atoms with Gasteiger partial charge in [0.15, 0.2) is 6.61 Å². The highest BCUT2D eigenvalue weighted by atomic mass is 19.1. The van der Waals surface area contributed by atoms with E-state index in [9.17, 15) is 18.8 Å². The Morgan fingerprint density at radius 1 is 0.853 bits per heavy atom. The van der Waals surface area contributed by atoms with Crippen LogP contribution in [-0.2, 0) is 20.8 Å². The largest absolute Gasteiger partial charge is 0.484 e. The molecule has 3 rings (SSSR count). The van der Waals surface area contributed by atoms with Crippen molar-refractivity contribution < 1.29 is 23.5 Å². The molecule has 0 spiro atoms. The normalized spacial score (nSPS) is 10.5. The molecule has 9 heteroatoms. The fraction of sp³-hybridized carbons (Fsp3) is 0.120. The third-order valence-corrected chi connectivity index (χ3v) is 4.58. The molecule has 0 saturated carbocycles. The molecule has 0 heterocycles. The van der Waals surface area contributed by atoms with Gasteiger partial charge in [0.1, 0.15) is 11.6 Å². The summed E-state index contributed by atoms with van der Waals surface area (Å²) in [7, 11) is 0. The fourth-order valence-electron chi connectivity index (χ4n) is 2.76. The fourth-order valence-corrected chi connectivity index (χ4v) is 2.76. The summed E-state index contributed by atoms with van der Waals surface area (Å²) in [4.78, 5) is 35.7. The van der Waals surface area contributed by atoms with Crippen LogP contribution >= 0.6 is 0 Å². The maximum atomic E-state index is 12.9. The number of amides is 3. The van der Waals surface area contributed by atoms with E-state index >= 15 is 0 Å². The number of nitrogens with one attached hydrogen (secondary N) is 3. The van der Waals surface area contributed by atoms with E-state index in [0.29, 0.717) is 17.0 Å². The van der Waals surface area contributed by atoms with Gasteiger partial charge in [-0.2, -0.15) is 5.10 Å². The minimum absolute atomic E-state index is 0.151. The van der Waals surface area contributed by atoms with Gasteiger partial charge in [-0.25, -0.2) is 9.82 Å². The van der Waals surface area contributed by atoms with Gasteiger partial charge in [-0.15, -0.1) is 0 Å². The molecule has 0 aromatic heterocycles. The number of hydrogen-bond donors (Lipinski definition) is 3. The Balaban J connectivity index is 1.41. The zero-order chi connectivity index (χ0) is 24.3. The van der Waals surface area contributed by atoms with Crippen LogP contribution in [0.2, 0.25) is 0 Å². The van der Waals surface area contributed by atoms with E-state index in [1.807, 2.05) is 24.3 Å². The molecule has 3 amide bonds. The van der Waals surface area contributed by atoms with E-state index in [4.69, 9.17) is 4.74 Å². The van der Waals surface area contributed by atoms with Crippen molar-refractivity contribution in [2.75, 3.05) is 17.2 Å². The second-order valence-corrected chi connectivity index (χ2v) is 7.12. The molecule has 0 unspecified atom stereocenters. The van der Waals surface area contributed by atoms with E-state index in [0.717, 1.165) is 18.6 Å². The molecule has 0 atom stereocenters. The van der Waals surface area contributed by atoms with Gasteiger partial charge in [0.2, 0.25) is 0 Å². The van der Waals surface area contributed by atoms with Crippen molar-refractivity contribution in [2.45, 2.75) is 13.3 Å². The number of ether oxygens (including phenoxy) is 1. The second kappa shape index (κ2) is 11.9. The summed E-state index contributed by atoms with van der Waals surface area (Å²) in [6.07, 6.45) is 2.27. The highest BCUT2D eigenvalue weighted by Gasteiger charge is 2.12. The monoisotopic (exact) mass is 462 g/mol. The van der Waals surface area contributed by atoms with Gasteiger partial charge < -0.3 is 15.4 Å². The molecule has 3 aromatic carbocycles. The summed E-state index contributed by atoms with van der Waals surface area (Å²) in [6, 6.07) is 19.2. The first-order valence-electron chi connectivity index (χ1n) is 10.4. The summed E-state index contributed by atoms with van der Waals surface area (Å²) >= 11 is 0. The van der Waals surface area contributed by atoms with Gasteiger partial charge in [-0.3, -0.25) is 14.4 Å². The molecule has 3 aromatic rings. The maximum absolute atomic E-state index is 12.9. The molecule has 174 valence electrons. The first-order valence-corrected chi connectivity index (χ1v) is 10.4. The van der Waals surface area contributed by atoms with Gasteiger partial charge in [-0.1, -0.05) is 19.1 Å². The molecule has 3 N–H and O–H groups in total. The Bertz CT molecular complexity index is 1160. The minimum atomic E-state index is -0.976. The molecule has 0 aliphatic heterocycles. The van der Waals surface area contributed by atoms with E-state index in [2.05, 4.69) is 28.1 Å². The number of nitrogens with zero attached hydrogens (tertiary/aromatic N) is 1.